The van der Waals surface area contributed by atoms with E-state index < -0.39 is 0 Å². The fourth-order valence-corrected chi connectivity index (χ4v) is 3.36. The Hall–Kier alpha value is -2.54. The lowest BCUT2D eigenvalue weighted by Gasteiger charge is -2.12. The second-order valence-electron chi connectivity index (χ2n) is 6.06. The van der Waals surface area contributed by atoms with Gasteiger partial charge in [0.2, 0.25) is 5.91 Å². The van der Waals surface area contributed by atoms with Gasteiger partial charge in [-0.3, -0.25) is 4.79 Å². The first-order chi connectivity index (χ1) is 12.5. The number of rotatable bonds is 6. The second kappa shape index (κ2) is 7.78. The van der Waals surface area contributed by atoms with E-state index in [1.54, 1.807) is 6.26 Å². The van der Waals surface area contributed by atoms with Crippen LogP contribution in [0, 0.1) is 6.92 Å². The van der Waals surface area contributed by atoms with Gasteiger partial charge in [0.05, 0.1) is 17.1 Å². The third kappa shape index (κ3) is 3.83. The average Bonchev–Trinajstić information content (AvgIpc) is 3.21. The zero-order valence-electron chi connectivity index (χ0n) is 15.3. The minimum atomic E-state index is -0.304. The van der Waals surface area contributed by atoms with Crippen molar-refractivity contribution in [3.63, 3.8) is 0 Å². The van der Waals surface area contributed by atoms with Crippen LogP contribution in [0.15, 0.2) is 46.2 Å². The van der Waals surface area contributed by atoms with Gasteiger partial charge in [0.25, 0.3) is 0 Å². The lowest BCUT2D eigenvalue weighted by Crippen LogP contribution is -2.22. The van der Waals surface area contributed by atoms with E-state index in [1.165, 1.54) is 17.3 Å². The maximum absolute atomic E-state index is 12.5. The fraction of sp³-hybridized carbons (Fsp3) is 0.316. The number of benzene rings is 1. The molecule has 1 N–H and O–H groups in total. The summed E-state index contributed by atoms with van der Waals surface area (Å²) < 4.78 is 7.21. The summed E-state index contributed by atoms with van der Waals surface area (Å²) in [5.41, 5.74) is 2.94. The van der Waals surface area contributed by atoms with E-state index in [1.807, 2.05) is 55.8 Å². The summed E-state index contributed by atoms with van der Waals surface area (Å²) in [5, 5.41) is 11.8. The Morgan fingerprint density at radius 2 is 2.00 bits per heavy atom. The zero-order chi connectivity index (χ0) is 18.7. The van der Waals surface area contributed by atoms with Gasteiger partial charge >= 0.3 is 0 Å². The van der Waals surface area contributed by atoms with E-state index in [0.717, 1.165) is 29.3 Å². The number of aryl methyl sites for hydroxylation is 2. The molecule has 1 atom stereocenters. The number of anilines is 1. The predicted octanol–water partition coefficient (Wildman–Crippen LogP) is 4.07. The first-order valence-corrected chi connectivity index (χ1v) is 9.38. The van der Waals surface area contributed by atoms with Crippen molar-refractivity contribution in [3.05, 3.63) is 47.9 Å². The van der Waals surface area contributed by atoms with Crippen molar-refractivity contribution in [1.82, 2.24) is 14.8 Å². The van der Waals surface area contributed by atoms with Crippen LogP contribution in [0.1, 0.15) is 25.2 Å². The number of thioether (sulfide) groups is 1. The summed E-state index contributed by atoms with van der Waals surface area (Å²) in [7, 11) is 1.89. The Balaban J connectivity index is 1.67. The van der Waals surface area contributed by atoms with Gasteiger partial charge in [-0.2, -0.15) is 0 Å². The van der Waals surface area contributed by atoms with Crippen molar-refractivity contribution in [2.45, 2.75) is 37.6 Å². The van der Waals surface area contributed by atoms with Crippen LogP contribution in [0.3, 0.4) is 0 Å². The topological polar surface area (TPSA) is 73.0 Å². The number of aromatic nitrogens is 3. The molecule has 3 rings (SSSR count). The van der Waals surface area contributed by atoms with Gasteiger partial charge in [0.1, 0.15) is 5.76 Å². The smallest absolute Gasteiger partial charge is 0.237 e. The van der Waals surface area contributed by atoms with Crippen molar-refractivity contribution < 1.29 is 9.21 Å². The molecule has 0 aliphatic rings. The number of carbonyl (C=O) groups is 1. The Labute approximate surface area is 157 Å². The van der Waals surface area contributed by atoms with Gasteiger partial charge in [-0.1, -0.05) is 30.8 Å². The van der Waals surface area contributed by atoms with Gasteiger partial charge in [0, 0.05) is 12.7 Å². The van der Waals surface area contributed by atoms with Crippen LogP contribution in [-0.4, -0.2) is 25.9 Å². The molecule has 2 aromatic heterocycles. The Morgan fingerprint density at radius 1 is 1.27 bits per heavy atom. The van der Waals surface area contributed by atoms with Crippen molar-refractivity contribution in [3.8, 4) is 11.4 Å². The summed E-state index contributed by atoms with van der Waals surface area (Å²) in [5.74, 6) is 1.45. The molecule has 1 amide bonds. The quantitative estimate of drug-likeness (QED) is 0.662. The first-order valence-electron chi connectivity index (χ1n) is 8.50. The molecular formula is C19H22N4O2S. The highest BCUT2D eigenvalue weighted by atomic mass is 32.2. The van der Waals surface area contributed by atoms with Gasteiger partial charge < -0.3 is 14.3 Å². The van der Waals surface area contributed by atoms with Crippen LogP contribution in [0.4, 0.5) is 5.69 Å². The van der Waals surface area contributed by atoms with Crippen LogP contribution in [0.2, 0.25) is 0 Å². The highest BCUT2D eigenvalue weighted by Crippen LogP contribution is 2.28. The van der Waals surface area contributed by atoms with Crippen molar-refractivity contribution in [2.75, 3.05) is 5.32 Å². The standard InChI is InChI=1S/C19H22N4O2S/c1-5-14-6-8-15(9-7-14)20-18(24)13(3)26-19-22-21-17(23(19)4)16-10-11-25-12(16)2/h6-11,13H,5H2,1-4H3,(H,20,24). The molecule has 0 bridgehead atoms. The largest absolute Gasteiger partial charge is 0.469 e. The monoisotopic (exact) mass is 370 g/mol. The van der Waals surface area contributed by atoms with Crippen LogP contribution in [0.5, 0.6) is 0 Å². The maximum Gasteiger partial charge on any atom is 0.237 e. The van der Waals surface area contributed by atoms with E-state index in [2.05, 4.69) is 22.4 Å². The van der Waals surface area contributed by atoms with Crippen LogP contribution in [0.25, 0.3) is 11.4 Å². The molecule has 1 aromatic carbocycles. The SMILES string of the molecule is CCc1ccc(NC(=O)C(C)Sc2nnc(-c3ccoc3C)n2C)cc1. The van der Waals surface area contributed by atoms with E-state index in [4.69, 9.17) is 4.42 Å². The molecule has 0 aliphatic carbocycles. The summed E-state index contributed by atoms with van der Waals surface area (Å²) in [6, 6.07) is 9.77. The molecule has 2 heterocycles. The van der Waals surface area contributed by atoms with E-state index in [-0.39, 0.29) is 11.2 Å². The molecular weight excluding hydrogens is 348 g/mol. The molecule has 0 radical (unpaired) electrons. The lowest BCUT2D eigenvalue weighted by molar-refractivity contribution is -0.115. The third-order valence-corrected chi connectivity index (χ3v) is 5.35. The van der Waals surface area contributed by atoms with Crippen LogP contribution in [-0.2, 0) is 18.3 Å². The van der Waals surface area contributed by atoms with E-state index in [0.29, 0.717) is 5.16 Å². The molecule has 0 spiro atoms. The number of nitrogens with zero attached hydrogens (tertiary/aromatic N) is 3. The zero-order valence-corrected chi connectivity index (χ0v) is 16.1. The molecule has 0 saturated heterocycles. The molecule has 1 unspecified atom stereocenters. The molecule has 3 aromatic rings. The maximum atomic E-state index is 12.5. The van der Waals surface area contributed by atoms with Gasteiger partial charge in [-0.25, -0.2) is 0 Å². The fourth-order valence-electron chi connectivity index (χ4n) is 2.55. The van der Waals surface area contributed by atoms with Crippen LogP contribution < -0.4 is 5.32 Å². The molecule has 0 aliphatic heterocycles. The Kier molecular flexibility index (Phi) is 5.46. The second-order valence-corrected chi connectivity index (χ2v) is 7.36. The highest BCUT2D eigenvalue weighted by molar-refractivity contribution is 8.00. The number of hydrogen-bond acceptors (Lipinski definition) is 5. The van der Waals surface area contributed by atoms with Gasteiger partial charge in [0.15, 0.2) is 11.0 Å². The Morgan fingerprint density at radius 3 is 2.62 bits per heavy atom. The number of nitrogens with one attached hydrogen (secondary N) is 1. The number of hydrogen-bond donors (Lipinski definition) is 1. The molecule has 0 saturated carbocycles. The van der Waals surface area contributed by atoms with Crippen molar-refractivity contribution in [2.24, 2.45) is 7.05 Å². The molecule has 0 fully saturated rings. The summed E-state index contributed by atoms with van der Waals surface area (Å²) in [6.07, 6.45) is 2.61. The number of carbonyl (C=O) groups excluding carboxylic acids is 1. The summed E-state index contributed by atoms with van der Waals surface area (Å²) >= 11 is 1.38. The van der Waals surface area contributed by atoms with E-state index in [9.17, 15) is 4.79 Å². The Bertz CT molecular complexity index is 899. The normalized spacial score (nSPS) is 12.2. The molecule has 26 heavy (non-hydrogen) atoms. The van der Waals surface area contributed by atoms with Crippen molar-refractivity contribution in [1.29, 1.82) is 0 Å². The van der Waals surface area contributed by atoms with Gasteiger partial charge in [-0.05, 0) is 44.0 Å². The predicted molar refractivity (Wildman–Crippen MR) is 103 cm³/mol. The van der Waals surface area contributed by atoms with Gasteiger partial charge in [-0.15, -0.1) is 10.2 Å². The third-order valence-electron chi connectivity index (χ3n) is 4.22. The molecule has 6 nitrogen and oxygen atoms in total. The lowest BCUT2D eigenvalue weighted by atomic mass is 10.1. The molecule has 136 valence electrons. The summed E-state index contributed by atoms with van der Waals surface area (Å²) in [4.78, 5) is 12.5. The number of amides is 1. The summed E-state index contributed by atoms with van der Waals surface area (Å²) in [6.45, 7) is 5.85. The first kappa shape index (κ1) is 18.3. The van der Waals surface area contributed by atoms with Crippen molar-refractivity contribution >= 4 is 23.4 Å². The average molecular weight is 370 g/mol. The van der Waals surface area contributed by atoms with Crippen LogP contribution >= 0.6 is 11.8 Å². The molecule has 7 heteroatoms. The van der Waals surface area contributed by atoms with E-state index >= 15 is 0 Å². The number of furan rings is 1. The minimum Gasteiger partial charge on any atom is -0.469 e. The highest BCUT2D eigenvalue weighted by Gasteiger charge is 2.20. The minimum absolute atomic E-state index is 0.0664.